The third-order valence-corrected chi connectivity index (χ3v) is 4.60. The number of benzene rings is 1. The molecule has 0 bridgehead atoms. The second kappa shape index (κ2) is 6.78. The standard InChI is InChI=1S/C20H22N2O4/c1-12(2)21(11-15-10-9-13(3)26-15)18(23)14(4)22-19(24)16-7-5-6-8-17(16)20(22)25/h5-10,12,14H,11H2,1-4H3. The number of amides is 3. The van der Waals surface area contributed by atoms with E-state index < -0.39 is 17.9 Å². The molecule has 26 heavy (non-hydrogen) atoms. The summed E-state index contributed by atoms with van der Waals surface area (Å²) in [6.07, 6.45) is 0. The van der Waals surface area contributed by atoms with E-state index in [-0.39, 0.29) is 18.5 Å². The molecule has 1 aliphatic rings. The predicted octanol–water partition coefficient (Wildman–Crippen LogP) is 3.01. The van der Waals surface area contributed by atoms with Crippen molar-refractivity contribution in [3.05, 3.63) is 59.0 Å². The molecule has 0 saturated heterocycles. The van der Waals surface area contributed by atoms with Gasteiger partial charge in [-0.1, -0.05) is 12.1 Å². The molecular weight excluding hydrogens is 332 g/mol. The summed E-state index contributed by atoms with van der Waals surface area (Å²) < 4.78 is 5.57. The van der Waals surface area contributed by atoms with Gasteiger partial charge >= 0.3 is 0 Å². The molecule has 0 spiro atoms. The first-order valence-electron chi connectivity index (χ1n) is 8.64. The molecule has 1 atom stereocenters. The quantitative estimate of drug-likeness (QED) is 0.774. The van der Waals surface area contributed by atoms with Crippen molar-refractivity contribution in [2.75, 3.05) is 0 Å². The Hall–Kier alpha value is -2.89. The third-order valence-electron chi connectivity index (χ3n) is 4.60. The molecule has 0 aliphatic carbocycles. The molecule has 0 N–H and O–H groups in total. The highest BCUT2D eigenvalue weighted by Gasteiger charge is 2.42. The molecule has 2 aromatic rings. The molecule has 1 aliphatic heterocycles. The summed E-state index contributed by atoms with van der Waals surface area (Å²) in [7, 11) is 0. The van der Waals surface area contributed by atoms with Gasteiger partial charge in [-0.25, -0.2) is 0 Å². The van der Waals surface area contributed by atoms with E-state index in [2.05, 4.69) is 0 Å². The van der Waals surface area contributed by atoms with E-state index in [1.165, 1.54) is 0 Å². The van der Waals surface area contributed by atoms with E-state index in [1.807, 2.05) is 32.9 Å². The zero-order chi connectivity index (χ0) is 19.0. The Balaban J connectivity index is 1.84. The Labute approximate surface area is 152 Å². The number of hydrogen-bond acceptors (Lipinski definition) is 4. The summed E-state index contributed by atoms with van der Waals surface area (Å²) >= 11 is 0. The summed E-state index contributed by atoms with van der Waals surface area (Å²) in [6, 6.07) is 9.30. The van der Waals surface area contributed by atoms with Crippen LogP contribution < -0.4 is 0 Å². The van der Waals surface area contributed by atoms with E-state index in [1.54, 1.807) is 36.1 Å². The predicted molar refractivity (Wildman–Crippen MR) is 95.5 cm³/mol. The van der Waals surface area contributed by atoms with Gasteiger partial charge in [0.15, 0.2) is 0 Å². The first-order chi connectivity index (χ1) is 12.3. The lowest BCUT2D eigenvalue weighted by Gasteiger charge is -2.31. The summed E-state index contributed by atoms with van der Waals surface area (Å²) in [5.74, 6) is 0.292. The molecule has 0 fully saturated rings. The highest BCUT2D eigenvalue weighted by Crippen LogP contribution is 2.25. The van der Waals surface area contributed by atoms with Crippen LogP contribution in [-0.4, -0.2) is 39.6 Å². The second-order valence-electron chi connectivity index (χ2n) is 6.77. The third kappa shape index (κ3) is 3.03. The minimum Gasteiger partial charge on any atom is -0.464 e. The topological polar surface area (TPSA) is 70.8 Å². The van der Waals surface area contributed by atoms with Gasteiger partial charge in [-0.05, 0) is 52.0 Å². The molecule has 0 saturated carbocycles. The van der Waals surface area contributed by atoms with Gasteiger partial charge in [-0.15, -0.1) is 0 Å². The molecule has 1 aromatic heterocycles. The molecule has 2 heterocycles. The molecule has 3 rings (SSSR count). The van der Waals surface area contributed by atoms with E-state index in [0.29, 0.717) is 16.9 Å². The summed E-state index contributed by atoms with van der Waals surface area (Å²) in [5.41, 5.74) is 0.685. The second-order valence-corrected chi connectivity index (χ2v) is 6.77. The average Bonchev–Trinajstić information content (AvgIpc) is 3.13. The molecule has 0 radical (unpaired) electrons. The van der Waals surface area contributed by atoms with E-state index in [0.717, 1.165) is 10.7 Å². The van der Waals surface area contributed by atoms with Gasteiger partial charge in [0, 0.05) is 6.04 Å². The first-order valence-corrected chi connectivity index (χ1v) is 8.64. The van der Waals surface area contributed by atoms with Crippen molar-refractivity contribution >= 4 is 17.7 Å². The number of carbonyl (C=O) groups excluding carboxylic acids is 3. The van der Waals surface area contributed by atoms with Crippen molar-refractivity contribution in [2.45, 2.75) is 46.3 Å². The van der Waals surface area contributed by atoms with Crippen LogP contribution in [0.2, 0.25) is 0 Å². The molecule has 6 heteroatoms. The Morgan fingerprint density at radius 2 is 1.62 bits per heavy atom. The minimum atomic E-state index is -0.888. The molecule has 3 amide bonds. The molecule has 1 aromatic carbocycles. The van der Waals surface area contributed by atoms with Crippen LogP contribution in [0.15, 0.2) is 40.8 Å². The van der Waals surface area contributed by atoms with Crippen molar-refractivity contribution in [3.8, 4) is 0 Å². The van der Waals surface area contributed by atoms with Gasteiger partial charge in [0.05, 0.1) is 17.7 Å². The summed E-state index contributed by atoms with van der Waals surface area (Å²) in [4.78, 5) is 41.0. The van der Waals surface area contributed by atoms with E-state index in [4.69, 9.17) is 4.42 Å². The van der Waals surface area contributed by atoms with E-state index in [9.17, 15) is 14.4 Å². The number of hydrogen-bond donors (Lipinski definition) is 0. The van der Waals surface area contributed by atoms with Gasteiger partial charge < -0.3 is 9.32 Å². The van der Waals surface area contributed by atoms with Gasteiger partial charge in [-0.2, -0.15) is 0 Å². The maximum Gasteiger partial charge on any atom is 0.262 e. The fourth-order valence-electron chi connectivity index (χ4n) is 3.16. The lowest BCUT2D eigenvalue weighted by Crippen LogP contribution is -2.51. The Morgan fingerprint density at radius 3 is 2.08 bits per heavy atom. The highest BCUT2D eigenvalue weighted by atomic mass is 16.3. The van der Waals surface area contributed by atoms with Crippen molar-refractivity contribution < 1.29 is 18.8 Å². The van der Waals surface area contributed by atoms with Gasteiger partial charge in [0.2, 0.25) is 5.91 Å². The smallest absolute Gasteiger partial charge is 0.262 e. The van der Waals surface area contributed by atoms with Crippen LogP contribution in [0.5, 0.6) is 0 Å². The fourth-order valence-corrected chi connectivity index (χ4v) is 3.16. The van der Waals surface area contributed by atoms with Crippen molar-refractivity contribution in [1.29, 1.82) is 0 Å². The molecular formula is C20H22N2O4. The molecule has 1 unspecified atom stereocenters. The summed E-state index contributed by atoms with van der Waals surface area (Å²) in [5, 5.41) is 0. The number of aryl methyl sites for hydroxylation is 1. The number of fused-ring (bicyclic) bond motifs is 1. The number of carbonyl (C=O) groups is 3. The van der Waals surface area contributed by atoms with Gasteiger partial charge in [-0.3, -0.25) is 19.3 Å². The minimum absolute atomic E-state index is 0.106. The Morgan fingerprint density at radius 1 is 1.04 bits per heavy atom. The lowest BCUT2D eigenvalue weighted by molar-refractivity contribution is -0.137. The summed E-state index contributed by atoms with van der Waals surface area (Å²) in [6.45, 7) is 7.50. The number of furan rings is 1. The van der Waals surface area contributed by atoms with E-state index >= 15 is 0 Å². The van der Waals surface area contributed by atoms with Crippen LogP contribution in [0.1, 0.15) is 53.0 Å². The SMILES string of the molecule is Cc1ccc(CN(C(=O)C(C)N2C(=O)c3ccccc3C2=O)C(C)C)o1. The first kappa shape index (κ1) is 17.9. The number of nitrogens with zero attached hydrogens (tertiary/aromatic N) is 2. The van der Waals surface area contributed by atoms with Crippen LogP contribution in [0, 0.1) is 6.92 Å². The van der Waals surface area contributed by atoms with Gasteiger partial charge in [0.1, 0.15) is 17.6 Å². The fraction of sp³-hybridized carbons (Fsp3) is 0.350. The number of rotatable bonds is 5. The maximum atomic E-state index is 13.1. The van der Waals surface area contributed by atoms with Crippen LogP contribution in [0.25, 0.3) is 0 Å². The maximum absolute atomic E-state index is 13.1. The molecule has 6 nitrogen and oxygen atoms in total. The van der Waals surface area contributed by atoms with Crippen molar-refractivity contribution in [3.63, 3.8) is 0 Å². The largest absolute Gasteiger partial charge is 0.464 e. The van der Waals surface area contributed by atoms with Crippen LogP contribution in [0.4, 0.5) is 0 Å². The van der Waals surface area contributed by atoms with Crippen molar-refractivity contribution in [1.82, 2.24) is 9.80 Å². The zero-order valence-electron chi connectivity index (χ0n) is 15.4. The van der Waals surface area contributed by atoms with Crippen LogP contribution >= 0.6 is 0 Å². The number of imide groups is 1. The van der Waals surface area contributed by atoms with Crippen LogP contribution in [-0.2, 0) is 11.3 Å². The normalized spacial score (nSPS) is 14.7. The average molecular weight is 354 g/mol. The molecule has 136 valence electrons. The van der Waals surface area contributed by atoms with Gasteiger partial charge in [0.25, 0.3) is 11.8 Å². The highest BCUT2D eigenvalue weighted by molar-refractivity contribution is 6.22. The monoisotopic (exact) mass is 354 g/mol. The Kier molecular flexibility index (Phi) is 4.68. The van der Waals surface area contributed by atoms with Crippen LogP contribution in [0.3, 0.4) is 0 Å². The zero-order valence-corrected chi connectivity index (χ0v) is 15.4. The Bertz CT molecular complexity index is 833. The van der Waals surface area contributed by atoms with Crippen molar-refractivity contribution in [2.24, 2.45) is 0 Å². The lowest BCUT2D eigenvalue weighted by atomic mass is 10.1.